The lowest BCUT2D eigenvalue weighted by Gasteiger charge is -2.18. The molecule has 13 rings (SSSR count). The predicted octanol–water partition coefficient (Wildman–Crippen LogP) is 14.4. The molecule has 8 bridgehead atoms. The van der Waals surface area contributed by atoms with Crippen molar-refractivity contribution in [1.29, 1.82) is 0 Å². The number of aromatic nitrogens is 8. The summed E-state index contributed by atoms with van der Waals surface area (Å²) in [5.74, 6) is 0.647. The van der Waals surface area contributed by atoms with Crippen LogP contribution in [-0.2, 0) is 25.7 Å². The summed E-state index contributed by atoms with van der Waals surface area (Å²) in [6.45, 7) is 0. The second-order valence-electron chi connectivity index (χ2n) is 18.3. The minimum atomic E-state index is -0.109. The van der Waals surface area contributed by atoms with Gasteiger partial charge in [0.05, 0.1) is 66.9 Å². The highest BCUT2D eigenvalue weighted by Gasteiger charge is 2.23. The van der Waals surface area contributed by atoms with E-state index in [2.05, 4.69) is 80.8 Å². The molecule has 8 N–H and O–H groups in total. The van der Waals surface area contributed by atoms with Crippen LogP contribution in [0.5, 0.6) is 23.0 Å². The first kappa shape index (κ1) is 45.1. The van der Waals surface area contributed by atoms with Crippen LogP contribution in [0.4, 0.5) is 46.5 Å². The Hall–Kier alpha value is -10.8. The molecule has 4 aromatic heterocycles. The third kappa shape index (κ3) is 8.97. The van der Waals surface area contributed by atoms with Gasteiger partial charge in [-0.1, -0.05) is 48.5 Å². The number of imidazole rings is 4. The molecule has 0 aliphatic heterocycles. The van der Waals surface area contributed by atoms with Gasteiger partial charge < -0.3 is 40.4 Å². The summed E-state index contributed by atoms with van der Waals surface area (Å²) in [7, 11) is 0. The number of hydrogen-bond acceptors (Lipinski definition) is 16. The van der Waals surface area contributed by atoms with Gasteiger partial charge in [-0.3, -0.25) is 0 Å². The molecule has 0 unspecified atom stereocenters. The van der Waals surface area contributed by atoms with E-state index in [0.717, 1.165) is 22.1 Å². The fourth-order valence-corrected chi connectivity index (χ4v) is 9.46. The van der Waals surface area contributed by atoms with Crippen LogP contribution >= 0.6 is 0 Å². The van der Waals surface area contributed by atoms with Crippen molar-refractivity contribution in [3.63, 3.8) is 0 Å². The molecule has 20 heteroatoms. The van der Waals surface area contributed by atoms with Crippen LogP contribution in [0.2, 0.25) is 0 Å². The minimum Gasteiger partial charge on any atom is -0.507 e. The molecule has 0 radical (unpaired) electrons. The molecule has 0 atom stereocenters. The summed E-state index contributed by atoms with van der Waals surface area (Å²) in [5, 5.41) is 85.4. The second kappa shape index (κ2) is 18.7. The molecule has 12 aromatic rings. The van der Waals surface area contributed by atoms with E-state index in [1.165, 1.54) is 0 Å². The van der Waals surface area contributed by atoms with E-state index in [-0.39, 0.29) is 72.5 Å². The van der Waals surface area contributed by atoms with Crippen molar-refractivity contribution in [3.8, 4) is 23.0 Å². The Morgan fingerprint density at radius 2 is 0.474 bits per heavy atom. The maximum absolute atomic E-state index is 12.3. The summed E-state index contributed by atoms with van der Waals surface area (Å²) in [4.78, 5) is 30.9. The normalized spacial score (nSPS) is 13.1. The Morgan fingerprint density at radius 3 is 0.671 bits per heavy atom. The van der Waals surface area contributed by atoms with Crippen LogP contribution in [0, 0.1) is 0 Å². The lowest BCUT2D eigenvalue weighted by Crippen LogP contribution is -2.01. The molecule has 76 heavy (non-hydrogen) atoms. The van der Waals surface area contributed by atoms with Crippen LogP contribution in [0.1, 0.15) is 44.5 Å². The summed E-state index contributed by atoms with van der Waals surface area (Å²) >= 11 is 0. The van der Waals surface area contributed by atoms with Crippen molar-refractivity contribution in [2.75, 3.05) is 0 Å². The Morgan fingerprint density at radius 1 is 0.276 bits per heavy atom. The summed E-state index contributed by atoms with van der Waals surface area (Å²) in [6.07, 6.45) is -0.144. The standard InChI is InChI=1S/C56H40N16O4/c73-49-29-17-31-23-38(66-70-54-59-43-11-3-4-12-44(43)60-54)25-33(50(31)74)19-35-27-40(68-72-56-63-47-15-7-8-16-48(47)64-56)28-36(52(35)76)20-34-26-39(67-71-55-61-45-13-5-6-14-46(45)62-55)24-32(51(34)75)18-30(49)22-37(21-29)65-69-53-57-41-9-1-2-10-42(41)58-53/h1-16,21-28,73-76H,17-20H2,(H,57,58)(H,59,60)(H,61,62)(H,63,64). The molecular formula is C56H40N16O4. The zero-order valence-corrected chi connectivity index (χ0v) is 39.8. The summed E-state index contributed by atoms with van der Waals surface area (Å²) in [6, 6.07) is 43.5. The van der Waals surface area contributed by atoms with E-state index < -0.39 is 0 Å². The van der Waals surface area contributed by atoms with E-state index in [0.29, 0.717) is 89.3 Å². The smallest absolute Gasteiger partial charge is 0.247 e. The van der Waals surface area contributed by atoms with Crippen LogP contribution in [0.25, 0.3) is 44.1 Å². The fraction of sp³-hybridized carbons (Fsp3) is 0.0714. The Bertz CT molecular complexity index is 3610. The van der Waals surface area contributed by atoms with Crippen molar-refractivity contribution >= 4 is 90.7 Å². The molecule has 368 valence electrons. The van der Waals surface area contributed by atoms with E-state index in [1.54, 1.807) is 48.5 Å². The molecular weight excluding hydrogens is 961 g/mol. The van der Waals surface area contributed by atoms with Gasteiger partial charge in [0.1, 0.15) is 23.0 Å². The lowest BCUT2D eigenvalue weighted by molar-refractivity contribution is 0.450. The number of phenols is 4. The Kier molecular flexibility index (Phi) is 11.1. The van der Waals surface area contributed by atoms with Gasteiger partial charge >= 0.3 is 0 Å². The number of azo groups is 4. The number of hydrogen-bond donors (Lipinski definition) is 8. The predicted molar refractivity (Wildman–Crippen MR) is 285 cm³/mol. The Labute approximate surface area is 429 Å². The van der Waals surface area contributed by atoms with Gasteiger partial charge in [0.2, 0.25) is 23.8 Å². The van der Waals surface area contributed by atoms with Crippen molar-refractivity contribution in [3.05, 3.63) is 190 Å². The highest BCUT2D eigenvalue weighted by Crippen LogP contribution is 2.43. The average molecular weight is 1000 g/mol. The monoisotopic (exact) mass is 1000 g/mol. The van der Waals surface area contributed by atoms with Crippen LogP contribution < -0.4 is 0 Å². The summed E-state index contributed by atoms with van der Waals surface area (Å²) in [5.41, 5.74) is 10.4. The number of H-pyrrole nitrogens is 4. The number of rotatable bonds is 8. The number of nitrogens with one attached hydrogen (secondary N) is 4. The SMILES string of the molecule is Oc1c2cc(N=Nc3nc4ccccc4[nH]3)cc1Cc1cc(N=Nc3nc4ccccc4[nH]3)cc(c1O)Cc1cc(N=Nc3nc4ccccc4[nH]3)cc(c1O)Cc1cc(N=Nc3nc4ccccc4[nH]3)cc(c1O)C2. The number of para-hydroxylation sites is 8. The highest BCUT2D eigenvalue weighted by molar-refractivity contribution is 5.79. The van der Waals surface area contributed by atoms with Gasteiger partial charge in [-0.2, -0.15) is 0 Å². The number of nitrogens with zero attached hydrogens (tertiary/aromatic N) is 12. The minimum absolute atomic E-state index is 0.0361. The molecule has 0 saturated carbocycles. The first-order valence-corrected chi connectivity index (χ1v) is 24.0. The second-order valence-corrected chi connectivity index (χ2v) is 18.3. The van der Waals surface area contributed by atoms with E-state index in [4.69, 9.17) is 0 Å². The summed E-state index contributed by atoms with van der Waals surface area (Å²) < 4.78 is 0. The van der Waals surface area contributed by atoms with E-state index >= 15 is 0 Å². The van der Waals surface area contributed by atoms with Crippen molar-refractivity contribution in [1.82, 2.24) is 39.9 Å². The zero-order valence-electron chi connectivity index (χ0n) is 39.8. The molecule has 0 amide bonds. The first-order valence-electron chi connectivity index (χ1n) is 24.0. The number of aromatic amines is 4. The maximum atomic E-state index is 12.3. The highest BCUT2D eigenvalue weighted by atomic mass is 16.3. The van der Waals surface area contributed by atoms with Gasteiger partial charge in [0.25, 0.3) is 0 Å². The number of phenolic OH excluding ortho intramolecular Hbond substituents is 4. The molecule has 1 aliphatic carbocycles. The maximum Gasteiger partial charge on any atom is 0.247 e. The van der Waals surface area contributed by atoms with Gasteiger partial charge in [0.15, 0.2) is 0 Å². The molecule has 4 heterocycles. The topological polar surface area (TPSA) is 295 Å². The number of fused-ring (bicyclic) bond motifs is 12. The molecule has 1 aliphatic rings. The molecule has 0 saturated heterocycles. The molecule has 8 aromatic carbocycles. The first-order chi connectivity index (χ1) is 37.2. The van der Waals surface area contributed by atoms with Gasteiger partial charge in [-0.15, -0.1) is 40.9 Å². The van der Waals surface area contributed by atoms with Crippen molar-refractivity contribution in [2.45, 2.75) is 25.7 Å². The van der Waals surface area contributed by atoms with Gasteiger partial charge in [-0.05, 0) is 97.1 Å². The van der Waals surface area contributed by atoms with E-state index in [1.807, 2.05) is 97.1 Å². The van der Waals surface area contributed by atoms with Gasteiger partial charge in [-0.25, -0.2) is 19.9 Å². The van der Waals surface area contributed by atoms with Crippen molar-refractivity contribution < 1.29 is 20.4 Å². The third-order valence-electron chi connectivity index (χ3n) is 13.1. The quantitative estimate of drug-likeness (QED) is 0.0675. The average Bonchev–Trinajstić information content (AvgIpc) is 4.25. The van der Waals surface area contributed by atoms with Gasteiger partial charge in [0, 0.05) is 70.2 Å². The largest absolute Gasteiger partial charge is 0.507 e. The fourth-order valence-electron chi connectivity index (χ4n) is 9.46. The number of aromatic hydroxyl groups is 4. The molecule has 20 nitrogen and oxygen atoms in total. The third-order valence-corrected chi connectivity index (χ3v) is 13.1. The van der Waals surface area contributed by atoms with Crippen molar-refractivity contribution in [2.24, 2.45) is 40.9 Å². The van der Waals surface area contributed by atoms with E-state index in [9.17, 15) is 20.4 Å². The molecule has 0 fully saturated rings. The lowest BCUT2D eigenvalue weighted by atomic mass is 9.90. The van der Waals surface area contributed by atoms with Crippen LogP contribution in [0.15, 0.2) is 187 Å². The number of benzene rings is 8. The Balaban J connectivity index is 0.975. The van der Waals surface area contributed by atoms with Crippen LogP contribution in [0.3, 0.4) is 0 Å². The molecule has 0 spiro atoms. The van der Waals surface area contributed by atoms with Crippen LogP contribution in [-0.4, -0.2) is 60.3 Å². The zero-order chi connectivity index (χ0) is 51.3.